The first-order valence-electron chi connectivity index (χ1n) is 7.62. The molecule has 0 radical (unpaired) electrons. The van der Waals surface area contributed by atoms with Gasteiger partial charge in [0.25, 0.3) is 0 Å². The number of carbonyl (C=O) groups is 1. The molecule has 0 aliphatic heterocycles. The van der Waals surface area contributed by atoms with Crippen molar-refractivity contribution in [3.05, 3.63) is 69.7 Å². The minimum absolute atomic E-state index is 0.0224. The first-order chi connectivity index (χ1) is 11.8. The lowest BCUT2D eigenvalue weighted by atomic mass is 10.1. The fourth-order valence-corrected chi connectivity index (χ4v) is 2.57. The van der Waals surface area contributed by atoms with Gasteiger partial charge in [0.15, 0.2) is 0 Å². The van der Waals surface area contributed by atoms with Gasteiger partial charge in [-0.15, -0.1) is 0 Å². The van der Waals surface area contributed by atoms with Crippen molar-refractivity contribution >= 4 is 22.0 Å². The molecule has 0 heterocycles. The van der Waals surface area contributed by atoms with Crippen molar-refractivity contribution in [3.8, 4) is 0 Å². The van der Waals surface area contributed by atoms with Crippen molar-refractivity contribution in [2.45, 2.75) is 26.3 Å². The lowest BCUT2D eigenvalue weighted by Gasteiger charge is -2.22. The monoisotopic (exact) mass is 415 g/mol. The molecule has 0 saturated heterocycles. The van der Waals surface area contributed by atoms with E-state index in [1.54, 1.807) is 6.92 Å². The third-order valence-corrected chi connectivity index (χ3v) is 4.35. The number of ether oxygens (including phenoxy) is 1. The van der Waals surface area contributed by atoms with Gasteiger partial charge in [-0.25, -0.2) is 4.79 Å². The smallest absolute Gasteiger partial charge is 0.416 e. The number of amides is 1. The highest BCUT2D eigenvalue weighted by molar-refractivity contribution is 9.10. The SMILES string of the molecule is CCN(Cc1cc(C(F)(F)F)ccc1Br)C(=O)OCc1ccccc1. The Morgan fingerprint density at radius 2 is 1.84 bits per heavy atom. The van der Waals surface area contributed by atoms with Gasteiger partial charge in [0, 0.05) is 11.0 Å². The molecule has 0 unspecified atom stereocenters. The van der Waals surface area contributed by atoms with Gasteiger partial charge < -0.3 is 9.64 Å². The van der Waals surface area contributed by atoms with Gasteiger partial charge in [-0.1, -0.05) is 46.3 Å². The number of hydrogen-bond acceptors (Lipinski definition) is 2. The number of hydrogen-bond donors (Lipinski definition) is 0. The number of carbonyl (C=O) groups excluding carboxylic acids is 1. The molecule has 2 aromatic rings. The Labute approximate surface area is 152 Å². The average Bonchev–Trinajstić information content (AvgIpc) is 2.58. The fraction of sp³-hybridized carbons (Fsp3) is 0.278. The predicted octanol–water partition coefficient (Wildman–Crippen LogP) is 5.63. The summed E-state index contributed by atoms with van der Waals surface area (Å²) in [5.41, 5.74) is 0.458. The van der Waals surface area contributed by atoms with Crippen molar-refractivity contribution in [2.75, 3.05) is 6.54 Å². The van der Waals surface area contributed by atoms with Crippen LogP contribution in [0.4, 0.5) is 18.0 Å². The summed E-state index contributed by atoms with van der Waals surface area (Å²) in [6.07, 6.45) is -5.00. The first-order valence-corrected chi connectivity index (χ1v) is 8.41. The van der Waals surface area contributed by atoms with Crippen LogP contribution in [0.3, 0.4) is 0 Å². The van der Waals surface area contributed by atoms with E-state index in [9.17, 15) is 18.0 Å². The average molecular weight is 416 g/mol. The second-order valence-electron chi connectivity index (χ2n) is 5.36. The van der Waals surface area contributed by atoms with Crippen LogP contribution in [0.2, 0.25) is 0 Å². The second-order valence-corrected chi connectivity index (χ2v) is 6.21. The summed E-state index contributed by atoms with van der Waals surface area (Å²) in [4.78, 5) is 13.6. The fourth-order valence-electron chi connectivity index (χ4n) is 2.19. The summed E-state index contributed by atoms with van der Waals surface area (Å²) < 4.78 is 44.3. The molecule has 0 aliphatic rings. The Balaban J connectivity index is 2.07. The quantitative estimate of drug-likeness (QED) is 0.633. The first kappa shape index (κ1) is 19.3. The highest BCUT2D eigenvalue weighted by atomic mass is 79.9. The summed E-state index contributed by atoms with van der Waals surface area (Å²) in [6, 6.07) is 12.5. The molecule has 0 bridgehead atoms. The number of halogens is 4. The molecule has 0 spiro atoms. The Bertz CT molecular complexity index is 720. The molecule has 25 heavy (non-hydrogen) atoms. The predicted molar refractivity (Wildman–Crippen MR) is 91.9 cm³/mol. The van der Waals surface area contributed by atoms with Crippen LogP contribution >= 0.6 is 15.9 Å². The van der Waals surface area contributed by atoms with Crippen LogP contribution in [0.15, 0.2) is 53.0 Å². The molecule has 2 rings (SSSR count). The zero-order valence-electron chi connectivity index (χ0n) is 13.5. The van der Waals surface area contributed by atoms with Crippen LogP contribution in [0, 0.1) is 0 Å². The number of rotatable bonds is 5. The van der Waals surface area contributed by atoms with Crippen LogP contribution in [0.25, 0.3) is 0 Å². The van der Waals surface area contributed by atoms with E-state index in [2.05, 4.69) is 15.9 Å². The third kappa shape index (κ3) is 5.49. The number of alkyl halides is 3. The lowest BCUT2D eigenvalue weighted by molar-refractivity contribution is -0.137. The zero-order valence-corrected chi connectivity index (χ0v) is 15.1. The maximum Gasteiger partial charge on any atom is 0.416 e. The number of benzene rings is 2. The molecule has 2 aromatic carbocycles. The lowest BCUT2D eigenvalue weighted by Crippen LogP contribution is -2.31. The van der Waals surface area contributed by atoms with Crippen LogP contribution in [-0.4, -0.2) is 17.5 Å². The zero-order chi connectivity index (χ0) is 18.4. The Morgan fingerprint density at radius 3 is 2.44 bits per heavy atom. The maximum atomic E-state index is 12.9. The Kier molecular flexibility index (Phi) is 6.47. The van der Waals surface area contributed by atoms with Crippen LogP contribution < -0.4 is 0 Å². The van der Waals surface area contributed by atoms with Crippen LogP contribution in [-0.2, 0) is 24.1 Å². The van der Waals surface area contributed by atoms with E-state index in [1.807, 2.05) is 30.3 Å². The second kappa shape index (κ2) is 8.38. The summed E-state index contributed by atoms with van der Waals surface area (Å²) in [5, 5.41) is 0. The summed E-state index contributed by atoms with van der Waals surface area (Å²) in [7, 11) is 0. The molecule has 0 fully saturated rings. The standard InChI is InChI=1S/C18H17BrF3NO2/c1-2-23(17(24)25-12-13-6-4-3-5-7-13)11-14-10-15(18(20,21)22)8-9-16(14)19/h3-10H,2,11-12H2,1H3. The van der Waals surface area contributed by atoms with Crippen molar-refractivity contribution in [1.29, 1.82) is 0 Å². The number of nitrogens with zero attached hydrogens (tertiary/aromatic N) is 1. The molecule has 0 N–H and O–H groups in total. The Hall–Kier alpha value is -2.02. The molecular formula is C18H17BrF3NO2. The van der Waals surface area contributed by atoms with E-state index >= 15 is 0 Å². The van der Waals surface area contributed by atoms with Gasteiger partial charge in [0.2, 0.25) is 0 Å². The largest absolute Gasteiger partial charge is 0.445 e. The van der Waals surface area contributed by atoms with Crippen LogP contribution in [0.5, 0.6) is 0 Å². The van der Waals surface area contributed by atoms with Gasteiger partial charge in [0.05, 0.1) is 12.1 Å². The Morgan fingerprint density at radius 1 is 1.16 bits per heavy atom. The molecular weight excluding hydrogens is 399 g/mol. The molecule has 0 aromatic heterocycles. The highest BCUT2D eigenvalue weighted by Crippen LogP contribution is 2.32. The summed E-state index contributed by atoms with van der Waals surface area (Å²) in [5.74, 6) is 0. The van der Waals surface area contributed by atoms with Gasteiger partial charge in [-0.3, -0.25) is 0 Å². The van der Waals surface area contributed by atoms with Crippen molar-refractivity contribution in [2.24, 2.45) is 0 Å². The van der Waals surface area contributed by atoms with E-state index in [0.717, 1.165) is 17.7 Å². The van der Waals surface area contributed by atoms with Gasteiger partial charge in [0.1, 0.15) is 6.61 Å². The third-order valence-electron chi connectivity index (χ3n) is 3.58. The normalized spacial score (nSPS) is 11.2. The molecule has 0 atom stereocenters. The minimum Gasteiger partial charge on any atom is -0.445 e. The van der Waals surface area contributed by atoms with E-state index in [4.69, 9.17) is 4.74 Å². The van der Waals surface area contributed by atoms with E-state index in [-0.39, 0.29) is 13.2 Å². The summed E-state index contributed by atoms with van der Waals surface area (Å²) >= 11 is 3.23. The molecule has 7 heteroatoms. The van der Waals surface area contributed by atoms with Gasteiger partial charge >= 0.3 is 12.3 Å². The van der Waals surface area contributed by atoms with Crippen molar-refractivity contribution < 1.29 is 22.7 Å². The van der Waals surface area contributed by atoms with Gasteiger partial charge in [-0.2, -0.15) is 13.2 Å². The molecule has 0 saturated carbocycles. The van der Waals surface area contributed by atoms with E-state index in [0.29, 0.717) is 16.6 Å². The van der Waals surface area contributed by atoms with Gasteiger partial charge in [-0.05, 0) is 36.2 Å². The molecule has 0 aliphatic carbocycles. The van der Waals surface area contributed by atoms with Crippen molar-refractivity contribution in [1.82, 2.24) is 4.90 Å². The molecule has 3 nitrogen and oxygen atoms in total. The van der Waals surface area contributed by atoms with Crippen LogP contribution in [0.1, 0.15) is 23.6 Å². The molecule has 1 amide bonds. The highest BCUT2D eigenvalue weighted by Gasteiger charge is 2.31. The van der Waals surface area contributed by atoms with E-state index < -0.39 is 17.8 Å². The van der Waals surface area contributed by atoms with Crippen molar-refractivity contribution in [3.63, 3.8) is 0 Å². The maximum absolute atomic E-state index is 12.9. The molecule has 134 valence electrons. The summed E-state index contributed by atoms with van der Waals surface area (Å²) in [6.45, 7) is 2.19. The topological polar surface area (TPSA) is 29.5 Å². The minimum atomic E-state index is -4.43. The van der Waals surface area contributed by atoms with E-state index in [1.165, 1.54) is 11.0 Å².